The Bertz CT molecular complexity index is 760. The summed E-state index contributed by atoms with van der Waals surface area (Å²) in [5.41, 5.74) is -0.393. The summed E-state index contributed by atoms with van der Waals surface area (Å²) >= 11 is 17.2. The Kier molecular flexibility index (Phi) is 6.68. The minimum absolute atomic E-state index is 0.0159. The monoisotopic (exact) mass is 509 g/mol. The Morgan fingerprint density at radius 2 is 1.81 bits per heavy atom. The van der Waals surface area contributed by atoms with Gasteiger partial charge in [-0.25, -0.2) is 4.79 Å². The van der Waals surface area contributed by atoms with Gasteiger partial charge < -0.3 is 20.3 Å². The molecule has 0 aromatic heterocycles. The van der Waals surface area contributed by atoms with Crippen LogP contribution in [0.1, 0.15) is 65.2 Å². The van der Waals surface area contributed by atoms with Crippen LogP contribution in [0.2, 0.25) is 0 Å². The van der Waals surface area contributed by atoms with Crippen molar-refractivity contribution in [2.24, 2.45) is 40.4 Å². The number of aliphatic hydroxyl groups is 1. The van der Waals surface area contributed by atoms with Crippen molar-refractivity contribution in [1.82, 2.24) is 5.32 Å². The van der Waals surface area contributed by atoms with Crippen molar-refractivity contribution < 1.29 is 24.5 Å². The van der Waals surface area contributed by atoms with E-state index in [1.807, 2.05) is 0 Å². The first-order valence-electron chi connectivity index (χ1n) is 11.8. The van der Waals surface area contributed by atoms with Crippen molar-refractivity contribution >= 4 is 46.9 Å². The minimum atomic E-state index is -1.69. The number of carboxylic acids is 1. The number of aliphatic hydroxyl groups excluding tert-OH is 1. The molecule has 0 radical (unpaired) electrons. The van der Waals surface area contributed by atoms with Crippen molar-refractivity contribution in [2.75, 3.05) is 6.61 Å². The predicted octanol–water partition coefficient (Wildman–Crippen LogP) is 5.17. The Morgan fingerprint density at radius 1 is 1.09 bits per heavy atom. The zero-order valence-corrected chi connectivity index (χ0v) is 20.9. The van der Waals surface area contributed by atoms with E-state index in [0.717, 1.165) is 38.5 Å². The van der Waals surface area contributed by atoms with Crippen LogP contribution in [-0.2, 0) is 9.53 Å². The Morgan fingerprint density at radius 3 is 2.47 bits per heavy atom. The van der Waals surface area contributed by atoms with Crippen LogP contribution < -0.4 is 5.32 Å². The second-order valence-electron chi connectivity index (χ2n) is 11.1. The van der Waals surface area contributed by atoms with E-state index < -0.39 is 21.8 Å². The number of carbonyl (C=O) groups excluding carboxylic acids is 1. The van der Waals surface area contributed by atoms with Crippen molar-refractivity contribution in [3.05, 3.63) is 0 Å². The molecule has 9 atom stereocenters. The summed E-state index contributed by atoms with van der Waals surface area (Å²) in [5, 5.41) is 23.3. The summed E-state index contributed by atoms with van der Waals surface area (Å²) in [5.74, 6) is 0.122. The van der Waals surface area contributed by atoms with Crippen LogP contribution in [-0.4, -0.2) is 44.8 Å². The molecule has 0 bridgehead atoms. The van der Waals surface area contributed by atoms with Crippen LogP contribution in [0.4, 0.5) is 4.79 Å². The third-order valence-corrected chi connectivity index (χ3v) is 9.89. The molecule has 182 valence electrons. The number of hydrogen-bond donors (Lipinski definition) is 3. The summed E-state index contributed by atoms with van der Waals surface area (Å²) < 4.78 is 3.50. The van der Waals surface area contributed by atoms with Crippen molar-refractivity contribution in [3.8, 4) is 0 Å². The molecule has 4 rings (SSSR count). The van der Waals surface area contributed by atoms with Crippen molar-refractivity contribution in [2.45, 2.75) is 81.2 Å². The molecular formula is C23H34Cl3NO5. The lowest BCUT2D eigenvalue weighted by molar-refractivity contribution is -0.158. The van der Waals surface area contributed by atoms with Gasteiger partial charge in [0.15, 0.2) is 0 Å². The lowest BCUT2D eigenvalue weighted by Crippen LogP contribution is -2.63. The third-order valence-electron chi connectivity index (χ3n) is 9.56. The topological polar surface area (TPSA) is 95.9 Å². The number of nitrogens with one attached hydrogen (secondary N) is 1. The van der Waals surface area contributed by atoms with E-state index >= 15 is 0 Å². The van der Waals surface area contributed by atoms with Gasteiger partial charge in [0.25, 0.3) is 0 Å². The fourth-order valence-corrected chi connectivity index (χ4v) is 8.47. The summed E-state index contributed by atoms with van der Waals surface area (Å²) in [6.07, 6.45) is 5.83. The molecule has 1 amide bonds. The summed E-state index contributed by atoms with van der Waals surface area (Å²) in [4.78, 5) is 24.8. The second-order valence-corrected chi connectivity index (χ2v) is 13.6. The molecule has 0 aromatic carbocycles. The van der Waals surface area contributed by atoms with Gasteiger partial charge in [-0.05, 0) is 85.9 Å². The summed E-state index contributed by atoms with van der Waals surface area (Å²) in [7, 11) is 0. The predicted molar refractivity (Wildman–Crippen MR) is 123 cm³/mol. The number of carboxylic acid groups (broad SMARTS) is 1. The van der Waals surface area contributed by atoms with Gasteiger partial charge in [-0.15, -0.1) is 0 Å². The van der Waals surface area contributed by atoms with Gasteiger partial charge >= 0.3 is 12.1 Å². The Balaban J connectivity index is 1.64. The van der Waals surface area contributed by atoms with E-state index in [1.54, 1.807) is 0 Å². The molecule has 32 heavy (non-hydrogen) atoms. The standard InChI is InChI=1S/C23H34Cl3NO5/c1-21-8-7-13(28)9-12(21)3-4-14-15-5-6-16(19(29)30)22(15,2)10-17(18(14)21)27-20(31)32-11-23(24,25)26/h12-18,28H,3-11H2,1-2H3,(H,27,31)(H,29,30)/t12-,13+,14-,15-,16+,17+,18+,21-,22-/m0/s1. The number of carbonyl (C=O) groups is 2. The van der Waals surface area contributed by atoms with Gasteiger partial charge in [-0.1, -0.05) is 48.7 Å². The maximum absolute atomic E-state index is 12.7. The highest BCUT2D eigenvalue weighted by molar-refractivity contribution is 6.67. The average molecular weight is 511 g/mol. The number of alkyl halides is 3. The Hall–Kier alpha value is -0.430. The van der Waals surface area contributed by atoms with Crippen LogP contribution in [0.25, 0.3) is 0 Å². The van der Waals surface area contributed by atoms with Gasteiger partial charge in [0, 0.05) is 6.04 Å². The number of ether oxygens (including phenoxy) is 1. The molecule has 0 heterocycles. The summed E-state index contributed by atoms with van der Waals surface area (Å²) in [6.45, 7) is 4.06. The molecule has 4 aliphatic carbocycles. The molecular weight excluding hydrogens is 477 g/mol. The van der Waals surface area contributed by atoms with Crippen LogP contribution in [0.5, 0.6) is 0 Å². The fourth-order valence-electron chi connectivity index (χ4n) is 8.30. The summed E-state index contributed by atoms with van der Waals surface area (Å²) in [6, 6.07) is -0.216. The van der Waals surface area contributed by atoms with E-state index in [2.05, 4.69) is 19.2 Å². The number of halogens is 3. The van der Waals surface area contributed by atoms with Gasteiger partial charge in [-0.3, -0.25) is 4.79 Å². The number of amides is 1. The lowest BCUT2D eigenvalue weighted by atomic mass is 9.43. The van der Waals surface area contributed by atoms with Crippen molar-refractivity contribution in [3.63, 3.8) is 0 Å². The Labute approximate surface area is 204 Å². The molecule has 3 N–H and O–H groups in total. The molecule has 0 aliphatic heterocycles. The SMILES string of the molecule is C[C@]12CC[C@@H](O)C[C@@H]1CC[C@@H]1[C@@H]2[C@H](NC(=O)OCC(Cl)(Cl)Cl)C[C@]2(C)[C@@H](C(=O)O)CC[C@@H]12. The lowest BCUT2D eigenvalue weighted by Gasteiger charge is -2.63. The number of alkyl carbamates (subject to hydrolysis) is 1. The normalized spacial score (nSPS) is 45.9. The second kappa shape index (κ2) is 8.66. The highest BCUT2D eigenvalue weighted by Gasteiger charge is 2.64. The largest absolute Gasteiger partial charge is 0.481 e. The minimum Gasteiger partial charge on any atom is -0.481 e. The first-order chi connectivity index (χ1) is 14.8. The third kappa shape index (κ3) is 4.34. The molecule has 9 heteroatoms. The van der Waals surface area contributed by atoms with E-state index in [1.165, 1.54) is 0 Å². The molecule has 4 saturated carbocycles. The van der Waals surface area contributed by atoms with E-state index in [0.29, 0.717) is 30.6 Å². The number of fused-ring (bicyclic) bond motifs is 5. The van der Waals surface area contributed by atoms with E-state index in [-0.39, 0.29) is 35.5 Å². The van der Waals surface area contributed by atoms with Crippen LogP contribution in [0.15, 0.2) is 0 Å². The molecule has 0 spiro atoms. The highest BCUT2D eigenvalue weighted by Crippen LogP contribution is 2.67. The zero-order chi connectivity index (χ0) is 23.5. The van der Waals surface area contributed by atoms with Crippen LogP contribution >= 0.6 is 34.8 Å². The maximum Gasteiger partial charge on any atom is 0.407 e. The van der Waals surface area contributed by atoms with E-state index in [9.17, 15) is 19.8 Å². The first-order valence-corrected chi connectivity index (χ1v) is 12.9. The maximum atomic E-state index is 12.7. The van der Waals surface area contributed by atoms with Crippen LogP contribution in [0, 0.1) is 40.4 Å². The first kappa shape index (κ1) is 24.7. The number of rotatable bonds is 3. The smallest absolute Gasteiger partial charge is 0.407 e. The van der Waals surface area contributed by atoms with Gasteiger partial charge in [-0.2, -0.15) is 0 Å². The quantitative estimate of drug-likeness (QED) is 0.455. The zero-order valence-electron chi connectivity index (χ0n) is 18.7. The molecule has 4 fully saturated rings. The van der Waals surface area contributed by atoms with Crippen molar-refractivity contribution in [1.29, 1.82) is 0 Å². The molecule has 6 nitrogen and oxygen atoms in total. The molecule has 4 aliphatic rings. The highest BCUT2D eigenvalue weighted by atomic mass is 35.6. The van der Waals surface area contributed by atoms with Gasteiger partial charge in [0.05, 0.1) is 12.0 Å². The molecule has 0 saturated heterocycles. The van der Waals surface area contributed by atoms with Gasteiger partial charge in [0.2, 0.25) is 3.79 Å². The van der Waals surface area contributed by atoms with E-state index in [4.69, 9.17) is 39.5 Å². The molecule has 0 aromatic rings. The average Bonchev–Trinajstić information content (AvgIpc) is 3.03. The number of hydrogen-bond acceptors (Lipinski definition) is 4. The number of aliphatic carboxylic acids is 1. The fraction of sp³-hybridized carbons (Fsp3) is 0.913. The van der Waals surface area contributed by atoms with Gasteiger partial charge in [0.1, 0.15) is 6.61 Å². The van der Waals surface area contributed by atoms with Crippen LogP contribution in [0.3, 0.4) is 0 Å². The molecule has 0 unspecified atom stereocenters.